The van der Waals surface area contributed by atoms with Gasteiger partial charge < -0.3 is 15.0 Å². The van der Waals surface area contributed by atoms with Crippen molar-refractivity contribution in [2.45, 2.75) is 19.3 Å². The van der Waals surface area contributed by atoms with Crippen LogP contribution in [0.1, 0.15) is 18.4 Å². The van der Waals surface area contributed by atoms with Crippen molar-refractivity contribution in [2.24, 2.45) is 0 Å². The van der Waals surface area contributed by atoms with E-state index < -0.39 is 0 Å². The number of amides is 1. The van der Waals surface area contributed by atoms with Crippen molar-refractivity contribution in [3.8, 4) is 11.8 Å². The quantitative estimate of drug-likeness (QED) is 0.648. The Kier molecular flexibility index (Phi) is 5.27. The fraction of sp³-hybridized carbons (Fsp3) is 0.211. The van der Waals surface area contributed by atoms with Gasteiger partial charge in [0, 0.05) is 29.7 Å². The first-order valence-electron chi connectivity index (χ1n) is 8.07. The van der Waals surface area contributed by atoms with Crippen molar-refractivity contribution in [3.63, 3.8) is 0 Å². The molecule has 3 aromatic rings. The number of nitriles is 1. The van der Waals surface area contributed by atoms with Gasteiger partial charge in [0.15, 0.2) is 11.6 Å². The lowest BCUT2D eigenvalue weighted by atomic mass is 10.1. The fourth-order valence-corrected chi connectivity index (χ4v) is 2.56. The second-order valence-corrected chi connectivity index (χ2v) is 5.54. The number of benzene rings is 1. The predicted molar refractivity (Wildman–Crippen MR) is 95.2 cm³/mol. The number of nitrogens with zero attached hydrogens (tertiary/aromatic N) is 2. The summed E-state index contributed by atoms with van der Waals surface area (Å²) in [6.45, 7) is 0.407. The standard InChI is InChI=1S/C19H18N4O2/c20-9-3-4-11-25-17-8-5-10-21-19(17)23-18(24)12-14-13-22-16-7-2-1-6-15(14)16/h1-2,5-8,10,13,22H,3-4,11-12H2,(H,21,23,24). The van der Waals surface area contributed by atoms with Gasteiger partial charge in [-0.1, -0.05) is 18.2 Å². The van der Waals surface area contributed by atoms with Gasteiger partial charge in [0.05, 0.1) is 19.1 Å². The molecule has 6 nitrogen and oxygen atoms in total. The first kappa shape index (κ1) is 16.5. The minimum Gasteiger partial charge on any atom is -0.490 e. The van der Waals surface area contributed by atoms with E-state index in [2.05, 4.69) is 21.4 Å². The first-order chi connectivity index (χ1) is 12.3. The summed E-state index contributed by atoms with van der Waals surface area (Å²) < 4.78 is 5.61. The molecule has 3 rings (SSSR count). The highest BCUT2D eigenvalue weighted by molar-refractivity contribution is 5.95. The molecule has 2 aromatic heterocycles. The van der Waals surface area contributed by atoms with E-state index in [4.69, 9.17) is 10.00 Å². The average Bonchev–Trinajstić information content (AvgIpc) is 3.03. The molecule has 0 saturated heterocycles. The maximum Gasteiger partial charge on any atom is 0.230 e. The number of aromatic nitrogens is 2. The normalized spacial score (nSPS) is 10.4. The highest BCUT2D eigenvalue weighted by Crippen LogP contribution is 2.22. The van der Waals surface area contributed by atoms with Gasteiger partial charge in [-0.2, -0.15) is 5.26 Å². The molecular weight excluding hydrogens is 316 g/mol. The minimum atomic E-state index is -0.162. The largest absolute Gasteiger partial charge is 0.490 e. The number of unbranched alkanes of at least 4 members (excludes halogenated alkanes) is 1. The molecule has 0 fully saturated rings. The fourth-order valence-electron chi connectivity index (χ4n) is 2.56. The van der Waals surface area contributed by atoms with Crippen molar-refractivity contribution in [1.29, 1.82) is 5.26 Å². The Hall–Kier alpha value is -3.33. The summed E-state index contributed by atoms with van der Waals surface area (Å²) in [4.78, 5) is 19.7. The summed E-state index contributed by atoms with van der Waals surface area (Å²) in [7, 11) is 0. The number of carbonyl (C=O) groups excluding carboxylic acids is 1. The van der Waals surface area contributed by atoms with Crippen LogP contribution in [0, 0.1) is 11.3 Å². The van der Waals surface area contributed by atoms with Crippen LogP contribution in [-0.2, 0) is 11.2 Å². The number of fused-ring (bicyclic) bond motifs is 1. The summed E-state index contributed by atoms with van der Waals surface area (Å²) in [6, 6.07) is 13.4. The van der Waals surface area contributed by atoms with E-state index in [0.717, 1.165) is 16.5 Å². The predicted octanol–water partition coefficient (Wildman–Crippen LogP) is 3.43. The van der Waals surface area contributed by atoms with Gasteiger partial charge in [-0.15, -0.1) is 0 Å². The maximum absolute atomic E-state index is 12.4. The summed E-state index contributed by atoms with van der Waals surface area (Å²) >= 11 is 0. The number of carbonyl (C=O) groups is 1. The molecule has 126 valence electrons. The van der Waals surface area contributed by atoms with Crippen LogP contribution in [0.2, 0.25) is 0 Å². The minimum absolute atomic E-state index is 0.162. The molecule has 0 aliphatic carbocycles. The van der Waals surface area contributed by atoms with Gasteiger partial charge >= 0.3 is 0 Å². The van der Waals surface area contributed by atoms with Crippen molar-refractivity contribution >= 4 is 22.6 Å². The molecule has 6 heteroatoms. The summed E-state index contributed by atoms with van der Waals surface area (Å²) in [5.41, 5.74) is 1.94. The lowest BCUT2D eigenvalue weighted by Gasteiger charge is -2.10. The lowest BCUT2D eigenvalue weighted by molar-refractivity contribution is -0.115. The highest BCUT2D eigenvalue weighted by Gasteiger charge is 2.12. The second kappa shape index (κ2) is 7.97. The van der Waals surface area contributed by atoms with Crippen LogP contribution in [0.4, 0.5) is 5.82 Å². The second-order valence-electron chi connectivity index (χ2n) is 5.54. The van der Waals surface area contributed by atoms with E-state index in [9.17, 15) is 4.79 Å². The third-order valence-electron chi connectivity index (χ3n) is 3.74. The molecular formula is C19H18N4O2. The van der Waals surface area contributed by atoms with Crippen LogP contribution < -0.4 is 10.1 Å². The number of nitrogens with one attached hydrogen (secondary N) is 2. The van der Waals surface area contributed by atoms with Gasteiger partial charge in [0.2, 0.25) is 5.91 Å². The van der Waals surface area contributed by atoms with E-state index in [1.165, 1.54) is 0 Å². The summed E-state index contributed by atoms with van der Waals surface area (Å²) in [5, 5.41) is 12.4. The van der Waals surface area contributed by atoms with Crippen LogP contribution >= 0.6 is 0 Å². The number of ether oxygens (including phenoxy) is 1. The Balaban J connectivity index is 1.66. The number of H-pyrrole nitrogens is 1. The Morgan fingerprint density at radius 3 is 3.04 bits per heavy atom. The number of pyridine rings is 1. The molecule has 0 atom stereocenters. The van der Waals surface area contributed by atoms with Crippen LogP contribution in [-0.4, -0.2) is 22.5 Å². The number of hydrogen-bond donors (Lipinski definition) is 2. The zero-order valence-corrected chi connectivity index (χ0v) is 13.7. The monoisotopic (exact) mass is 334 g/mol. The van der Waals surface area contributed by atoms with Gasteiger partial charge in [0.25, 0.3) is 0 Å². The van der Waals surface area contributed by atoms with Crippen LogP contribution in [0.5, 0.6) is 5.75 Å². The summed E-state index contributed by atoms with van der Waals surface area (Å²) in [5.74, 6) is 0.738. The smallest absolute Gasteiger partial charge is 0.230 e. The Bertz CT molecular complexity index is 911. The third kappa shape index (κ3) is 4.15. The zero-order chi connectivity index (χ0) is 17.5. The van der Waals surface area contributed by atoms with Crippen molar-refractivity contribution < 1.29 is 9.53 Å². The maximum atomic E-state index is 12.4. The van der Waals surface area contributed by atoms with E-state index in [0.29, 0.717) is 31.0 Å². The highest BCUT2D eigenvalue weighted by atomic mass is 16.5. The van der Waals surface area contributed by atoms with Crippen molar-refractivity contribution in [3.05, 3.63) is 54.4 Å². The number of hydrogen-bond acceptors (Lipinski definition) is 4. The van der Waals surface area contributed by atoms with E-state index in [1.54, 1.807) is 18.3 Å². The van der Waals surface area contributed by atoms with Crippen molar-refractivity contribution in [1.82, 2.24) is 9.97 Å². The summed E-state index contributed by atoms with van der Waals surface area (Å²) in [6.07, 6.45) is 4.76. The molecule has 25 heavy (non-hydrogen) atoms. The number of para-hydroxylation sites is 1. The lowest BCUT2D eigenvalue weighted by Crippen LogP contribution is -2.16. The Morgan fingerprint density at radius 1 is 1.28 bits per heavy atom. The van der Waals surface area contributed by atoms with Gasteiger partial charge in [0.1, 0.15) is 0 Å². The molecule has 0 unspecified atom stereocenters. The molecule has 2 heterocycles. The average molecular weight is 334 g/mol. The molecule has 0 bridgehead atoms. The van der Waals surface area contributed by atoms with E-state index in [-0.39, 0.29) is 12.3 Å². The van der Waals surface area contributed by atoms with Crippen LogP contribution in [0.25, 0.3) is 10.9 Å². The Labute approximate surface area is 145 Å². The molecule has 0 aliphatic rings. The van der Waals surface area contributed by atoms with Crippen LogP contribution in [0.3, 0.4) is 0 Å². The molecule has 0 radical (unpaired) electrons. The number of anilines is 1. The van der Waals surface area contributed by atoms with Crippen molar-refractivity contribution in [2.75, 3.05) is 11.9 Å². The van der Waals surface area contributed by atoms with E-state index in [1.807, 2.05) is 30.5 Å². The topological polar surface area (TPSA) is 90.8 Å². The molecule has 2 N–H and O–H groups in total. The number of rotatable bonds is 7. The van der Waals surface area contributed by atoms with Gasteiger partial charge in [-0.25, -0.2) is 4.98 Å². The van der Waals surface area contributed by atoms with E-state index >= 15 is 0 Å². The zero-order valence-electron chi connectivity index (χ0n) is 13.7. The van der Waals surface area contributed by atoms with Gasteiger partial charge in [-0.3, -0.25) is 4.79 Å². The molecule has 0 aliphatic heterocycles. The Morgan fingerprint density at radius 2 is 2.16 bits per heavy atom. The number of aromatic amines is 1. The SMILES string of the molecule is N#CCCCOc1cccnc1NC(=O)Cc1c[nH]c2ccccc12. The molecule has 1 amide bonds. The molecule has 0 saturated carbocycles. The first-order valence-corrected chi connectivity index (χ1v) is 8.07. The third-order valence-corrected chi connectivity index (χ3v) is 3.74. The van der Waals surface area contributed by atoms with Crippen LogP contribution in [0.15, 0.2) is 48.8 Å². The molecule has 1 aromatic carbocycles. The molecule has 0 spiro atoms. The van der Waals surface area contributed by atoms with Gasteiger partial charge in [-0.05, 0) is 30.2 Å².